The molecule has 104 valence electrons. The van der Waals surface area contributed by atoms with Crippen LogP contribution in [0.3, 0.4) is 0 Å². The fraction of sp³-hybridized carbons (Fsp3) is 0.333. The Morgan fingerprint density at radius 3 is 2.58 bits per heavy atom. The summed E-state index contributed by atoms with van der Waals surface area (Å²) >= 11 is 0. The molecule has 0 aliphatic heterocycles. The summed E-state index contributed by atoms with van der Waals surface area (Å²) in [5.74, 6) is -4.08. The summed E-state index contributed by atoms with van der Waals surface area (Å²) in [6.07, 6.45) is -3.76. The molecule has 0 saturated heterocycles. The highest BCUT2D eigenvalue weighted by Gasteiger charge is 2.40. The Morgan fingerprint density at radius 2 is 2.11 bits per heavy atom. The monoisotopic (exact) mass is 279 g/mol. The molecule has 0 aliphatic carbocycles. The van der Waals surface area contributed by atoms with Crippen molar-refractivity contribution >= 4 is 11.9 Å². The third kappa shape index (κ3) is 4.08. The third-order valence-electron chi connectivity index (χ3n) is 2.08. The summed E-state index contributed by atoms with van der Waals surface area (Å²) in [6, 6.07) is -1.88. The van der Waals surface area contributed by atoms with Crippen molar-refractivity contribution in [2.75, 3.05) is 0 Å². The van der Waals surface area contributed by atoms with E-state index < -0.39 is 36.1 Å². The minimum atomic E-state index is -5.20. The first-order chi connectivity index (χ1) is 8.71. The first-order valence-electron chi connectivity index (χ1n) is 4.84. The van der Waals surface area contributed by atoms with E-state index in [0.717, 1.165) is 12.5 Å². The molecular weight excluding hydrogens is 271 g/mol. The van der Waals surface area contributed by atoms with E-state index in [-0.39, 0.29) is 5.56 Å². The highest BCUT2D eigenvalue weighted by molar-refractivity contribution is 5.87. The number of alkyl halides is 3. The predicted molar refractivity (Wildman–Crippen MR) is 54.2 cm³/mol. The molecule has 1 atom stereocenters. The molecule has 0 spiro atoms. The molecule has 7 nitrogen and oxygen atoms in total. The van der Waals surface area contributed by atoms with Crippen molar-refractivity contribution in [1.29, 1.82) is 0 Å². The number of halogens is 3. The molecule has 0 radical (unpaired) electrons. The summed E-state index contributed by atoms with van der Waals surface area (Å²) in [6.45, 7) is 0. The number of hydrogen-bond donors (Lipinski definition) is 3. The molecule has 0 fully saturated rings. The third-order valence-corrected chi connectivity index (χ3v) is 2.08. The number of carbonyl (C=O) groups is 2. The van der Waals surface area contributed by atoms with E-state index in [1.807, 2.05) is 0 Å². The molecular formula is C9H8F3N3O4. The standard InChI is InChI=1S/C9H8F3N3O4/c10-9(11,12)8(19)15-5(7(17)18)1-4-2-13-3-14-6(4)16/h2-3,5H,1H2,(H,15,19)(H,17,18)(H,13,14,16). The van der Waals surface area contributed by atoms with Crippen molar-refractivity contribution in [3.05, 3.63) is 28.4 Å². The van der Waals surface area contributed by atoms with Crippen LogP contribution < -0.4 is 10.9 Å². The first-order valence-corrected chi connectivity index (χ1v) is 4.84. The summed E-state index contributed by atoms with van der Waals surface area (Å²) in [5, 5.41) is 10.0. The summed E-state index contributed by atoms with van der Waals surface area (Å²) in [5.41, 5.74) is -0.847. The van der Waals surface area contributed by atoms with Crippen molar-refractivity contribution in [2.24, 2.45) is 0 Å². The molecule has 1 aromatic heterocycles. The van der Waals surface area contributed by atoms with Crippen LogP contribution in [0.1, 0.15) is 5.56 Å². The van der Waals surface area contributed by atoms with E-state index in [0.29, 0.717) is 0 Å². The van der Waals surface area contributed by atoms with Gasteiger partial charge in [0.05, 0.1) is 6.33 Å². The Morgan fingerprint density at radius 1 is 1.47 bits per heavy atom. The van der Waals surface area contributed by atoms with Crippen LogP contribution >= 0.6 is 0 Å². The maximum atomic E-state index is 12.0. The molecule has 0 saturated carbocycles. The molecule has 1 unspecified atom stereocenters. The van der Waals surface area contributed by atoms with Crippen LogP contribution in [0.4, 0.5) is 13.2 Å². The van der Waals surface area contributed by atoms with E-state index in [1.165, 1.54) is 5.32 Å². The second-order valence-electron chi connectivity index (χ2n) is 3.47. The van der Waals surface area contributed by atoms with Gasteiger partial charge >= 0.3 is 18.1 Å². The van der Waals surface area contributed by atoms with Crippen LogP contribution in [0.25, 0.3) is 0 Å². The molecule has 3 N–H and O–H groups in total. The smallest absolute Gasteiger partial charge is 0.471 e. The number of carboxylic acids is 1. The Hall–Kier alpha value is -2.39. The highest BCUT2D eigenvalue weighted by Crippen LogP contribution is 2.14. The number of nitrogens with one attached hydrogen (secondary N) is 2. The first kappa shape index (κ1) is 14.7. The molecule has 19 heavy (non-hydrogen) atoms. The second-order valence-corrected chi connectivity index (χ2v) is 3.47. The van der Waals surface area contributed by atoms with Gasteiger partial charge in [0, 0.05) is 18.2 Å². The van der Waals surface area contributed by atoms with E-state index in [9.17, 15) is 27.6 Å². The van der Waals surface area contributed by atoms with Gasteiger partial charge in [0.15, 0.2) is 0 Å². The quantitative estimate of drug-likeness (QED) is 0.684. The van der Waals surface area contributed by atoms with E-state index >= 15 is 0 Å². The van der Waals surface area contributed by atoms with Gasteiger partial charge in [0.2, 0.25) is 0 Å². The molecule has 0 aliphatic rings. The van der Waals surface area contributed by atoms with Gasteiger partial charge in [-0.05, 0) is 0 Å². The summed E-state index contributed by atoms with van der Waals surface area (Å²) < 4.78 is 36.0. The van der Waals surface area contributed by atoms with E-state index in [4.69, 9.17) is 5.11 Å². The van der Waals surface area contributed by atoms with Gasteiger partial charge in [-0.1, -0.05) is 0 Å². The van der Waals surface area contributed by atoms with E-state index in [2.05, 4.69) is 9.97 Å². The lowest BCUT2D eigenvalue weighted by Crippen LogP contribution is -2.48. The number of aromatic amines is 1. The number of carbonyl (C=O) groups excluding carboxylic acids is 1. The Bertz CT molecular complexity index is 540. The van der Waals surface area contributed by atoms with Gasteiger partial charge in [0.1, 0.15) is 6.04 Å². The normalized spacial score (nSPS) is 12.8. The summed E-state index contributed by atoms with van der Waals surface area (Å²) in [7, 11) is 0. The molecule has 1 rings (SSSR count). The van der Waals surface area contributed by atoms with Crippen LogP contribution in [-0.2, 0) is 16.0 Å². The van der Waals surface area contributed by atoms with Crippen LogP contribution in [0.2, 0.25) is 0 Å². The number of amides is 1. The van der Waals surface area contributed by atoms with Crippen molar-refractivity contribution in [3.8, 4) is 0 Å². The molecule has 10 heteroatoms. The van der Waals surface area contributed by atoms with Crippen molar-refractivity contribution in [3.63, 3.8) is 0 Å². The lowest BCUT2D eigenvalue weighted by molar-refractivity contribution is -0.175. The Balaban J connectivity index is 2.86. The maximum Gasteiger partial charge on any atom is 0.471 e. The topological polar surface area (TPSA) is 112 Å². The second kappa shape index (κ2) is 5.50. The zero-order valence-electron chi connectivity index (χ0n) is 9.19. The summed E-state index contributed by atoms with van der Waals surface area (Å²) in [4.78, 5) is 38.3. The molecule has 1 amide bonds. The SMILES string of the molecule is O=C(O)C(Cc1cnc[nH]c1=O)NC(=O)C(F)(F)F. The molecule has 1 heterocycles. The largest absolute Gasteiger partial charge is 0.480 e. The number of carboxylic acid groups (broad SMARTS) is 1. The average Bonchev–Trinajstić information content (AvgIpc) is 2.29. The van der Waals surface area contributed by atoms with Crippen molar-refractivity contribution in [1.82, 2.24) is 15.3 Å². The fourth-order valence-electron chi connectivity index (χ4n) is 1.18. The van der Waals surface area contributed by atoms with Gasteiger partial charge in [0.25, 0.3) is 5.56 Å². The van der Waals surface area contributed by atoms with Gasteiger partial charge in [-0.3, -0.25) is 9.59 Å². The van der Waals surface area contributed by atoms with Crippen LogP contribution in [0.5, 0.6) is 0 Å². The molecule has 0 aromatic carbocycles. The zero-order valence-corrected chi connectivity index (χ0v) is 9.19. The van der Waals surface area contributed by atoms with Gasteiger partial charge in [-0.25, -0.2) is 9.78 Å². The van der Waals surface area contributed by atoms with Crippen molar-refractivity contribution < 1.29 is 27.9 Å². The zero-order chi connectivity index (χ0) is 14.6. The van der Waals surface area contributed by atoms with Crippen LogP contribution in [0, 0.1) is 0 Å². The van der Waals surface area contributed by atoms with Gasteiger partial charge in [-0.2, -0.15) is 13.2 Å². The Labute approximate surface area is 103 Å². The number of H-pyrrole nitrogens is 1. The number of rotatable bonds is 4. The minimum absolute atomic E-state index is 0.155. The molecule has 0 bridgehead atoms. The highest BCUT2D eigenvalue weighted by atomic mass is 19.4. The predicted octanol–water partition coefficient (Wildman–Crippen LogP) is -0.556. The van der Waals surface area contributed by atoms with Crippen LogP contribution in [-0.4, -0.2) is 39.2 Å². The number of aromatic nitrogens is 2. The Kier molecular flexibility index (Phi) is 4.25. The maximum absolute atomic E-state index is 12.0. The van der Waals surface area contributed by atoms with Crippen LogP contribution in [0.15, 0.2) is 17.3 Å². The lowest BCUT2D eigenvalue weighted by Gasteiger charge is -2.15. The van der Waals surface area contributed by atoms with Crippen molar-refractivity contribution in [2.45, 2.75) is 18.6 Å². The molecule has 1 aromatic rings. The number of aliphatic carboxylic acids is 1. The average molecular weight is 279 g/mol. The van der Waals surface area contributed by atoms with E-state index in [1.54, 1.807) is 0 Å². The van der Waals surface area contributed by atoms with Gasteiger partial charge < -0.3 is 15.4 Å². The minimum Gasteiger partial charge on any atom is -0.480 e. The fourth-order valence-corrected chi connectivity index (χ4v) is 1.18. The number of nitrogens with zero attached hydrogens (tertiary/aromatic N) is 1. The van der Waals surface area contributed by atoms with Gasteiger partial charge in [-0.15, -0.1) is 0 Å². The lowest BCUT2D eigenvalue weighted by atomic mass is 10.1. The number of hydrogen-bond acceptors (Lipinski definition) is 4.